The molecular formula is C11H18N4O4S. The average molecular weight is 302 g/mol. The van der Waals surface area contributed by atoms with Gasteiger partial charge in [-0.3, -0.25) is 16.0 Å². The maximum absolute atomic E-state index is 12.2. The van der Waals surface area contributed by atoms with E-state index >= 15 is 0 Å². The first-order valence-electron chi connectivity index (χ1n) is 6.01. The van der Waals surface area contributed by atoms with Gasteiger partial charge in [-0.15, -0.1) is 0 Å². The van der Waals surface area contributed by atoms with Gasteiger partial charge in [0.05, 0.1) is 9.82 Å². The van der Waals surface area contributed by atoms with Gasteiger partial charge in [-0.25, -0.2) is 13.1 Å². The Labute approximate surface area is 117 Å². The normalized spacial score (nSPS) is 13.0. The molecule has 1 rings (SSSR count). The van der Waals surface area contributed by atoms with E-state index in [1.54, 1.807) is 13.8 Å². The molecule has 0 spiro atoms. The monoisotopic (exact) mass is 302 g/mol. The fraction of sp³-hybridized carbons (Fsp3) is 0.455. The van der Waals surface area contributed by atoms with E-state index in [4.69, 9.17) is 5.84 Å². The number of sulfonamides is 1. The first-order chi connectivity index (χ1) is 9.22. The predicted octanol–water partition coefficient (Wildman–Crippen LogP) is 1.27. The SMILES string of the molecule is CCC(C)NS(=O)(=O)c1cc([N+](=O)[O-])c(NN)cc1C. The fourth-order valence-electron chi connectivity index (χ4n) is 1.65. The summed E-state index contributed by atoms with van der Waals surface area (Å²) in [5.41, 5.74) is 2.24. The van der Waals surface area contributed by atoms with Crippen molar-refractivity contribution in [3.8, 4) is 0 Å². The average Bonchev–Trinajstić information content (AvgIpc) is 2.36. The van der Waals surface area contributed by atoms with Gasteiger partial charge in [-0.2, -0.15) is 0 Å². The molecule has 9 heteroatoms. The highest BCUT2D eigenvalue weighted by molar-refractivity contribution is 7.89. The van der Waals surface area contributed by atoms with Gasteiger partial charge in [0, 0.05) is 12.1 Å². The van der Waals surface area contributed by atoms with Crippen molar-refractivity contribution in [2.75, 3.05) is 5.43 Å². The molecule has 0 aromatic heterocycles. The number of hydrogen-bond donors (Lipinski definition) is 3. The molecule has 0 radical (unpaired) electrons. The van der Waals surface area contributed by atoms with Crippen molar-refractivity contribution in [2.24, 2.45) is 5.84 Å². The van der Waals surface area contributed by atoms with Crippen molar-refractivity contribution in [3.05, 3.63) is 27.8 Å². The van der Waals surface area contributed by atoms with E-state index in [2.05, 4.69) is 10.1 Å². The molecule has 0 aliphatic carbocycles. The Morgan fingerprint density at radius 2 is 2.05 bits per heavy atom. The Hall–Kier alpha value is -1.71. The molecule has 0 fully saturated rings. The van der Waals surface area contributed by atoms with Gasteiger partial charge in [0.2, 0.25) is 10.0 Å². The van der Waals surface area contributed by atoms with Crippen molar-refractivity contribution in [3.63, 3.8) is 0 Å². The molecule has 1 atom stereocenters. The maximum Gasteiger partial charge on any atom is 0.295 e. The van der Waals surface area contributed by atoms with E-state index in [0.29, 0.717) is 12.0 Å². The zero-order chi connectivity index (χ0) is 15.5. The topological polar surface area (TPSA) is 127 Å². The Kier molecular flexibility index (Phi) is 5.03. The van der Waals surface area contributed by atoms with Gasteiger partial charge < -0.3 is 5.43 Å². The number of nitro benzene ring substituents is 1. The minimum absolute atomic E-state index is 0.0648. The van der Waals surface area contributed by atoms with Gasteiger partial charge in [0.15, 0.2) is 0 Å². The molecule has 0 heterocycles. The maximum atomic E-state index is 12.2. The lowest BCUT2D eigenvalue weighted by Crippen LogP contribution is -2.32. The van der Waals surface area contributed by atoms with Gasteiger partial charge in [0.1, 0.15) is 5.69 Å². The van der Waals surface area contributed by atoms with Crippen LogP contribution in [0.25, 0.3) is 0 Å². The van der Waals surface area contributed by atoms with Gasteiger partial charge in [-0.05, 0) is 31.9 Å². The molecule has 0 amide bonds. The molecule has 8 nitrogen and oxygen atoms in total. The highest BCUT2D eigenvalue weighted by Gasteiger charge is 2.24. The predicted molar refractivity (Wildman–Crippen MR) is 75.7 cm³/mol. The Morgan fingerprint density at radius 3 is 2.50 bits per heavy atom. The number of anilines is 1. The van der Waals surface area contributed by atoms with Crippen LogP contribution in [-0.2, 0) is 10.0 Å². The van der Waals surface area contributed by atoms with Crippen molar-refractivity contribution < 1.29 is 13.3 Å². The highest BCUT2D eigenvalue weighted by atomic mass is 32.2. The van der Waals surface area contributed by atoms with E-state index in [0.717, 1.165) is 6.07 Å². The summed E-state index contributed by atoms with van der Waals surface area (Å²) in [6.07, 6.45) is 0.614. The Bertz CT molecular complexity index is 615. The molecule has 0 saturated heterocycles. The lowest BCUT2D eigenvalue weighted by Gasteiger charge is -2.14. The van der Waals surface area contributed by atoms with Crippen LogP contribution in [0, 0.1) is 17.0 Å². The summed E-state index contributed by atoms with van der Waals surface area (Å²) >= 11 is 0. The quantitative estimate of drug-likeness (QED) is 0.412. The standard InChI is InChI=1S/C11H18N4O4S/c1-4-8(3)14-20(18,19)11-6-10(15(16)17)9(13-12)5-7(11)2/h5-6,8,13-14H,4,12H2,1-3H3. The molecule has 4 N–H and O–H groups in total. The van der Waals surface area contributed by atoms with Crippen LogP contribution < -0.4 is 16.0 Å². The van der Waals surface area contributed by atoms with Crippen LogP contribution in [0.3, 0.4) is 0 Å². The van der Waals surface area contributed by atoms with Gasteiger partial charge >= 0.3 is 0 Å². The molecule has 1 aromatic carbocycles. The molecule has 0 aliphatic heterocycles. The second-order valence-electron chi connectivity index (χ2n) is 4.47. The summed E-state index contributed by atoms with van der Waals surface area (Å²) in [4.78, 5) is 10.1. The lowest BCUT2D eigenvalue weighted by atomic mass is 10.2. The number of nitrogens with one attached hydrogen (secondary N) is 2. The minimum Gasteiger partial charge on any atom is -0.318 e. The first kappa shape index (κ1) is 16.3. The van der Waals surface area contributed by atoms with Crippen molar-refractivity contribution >= 4 is 21.4 Å². The molecule has 1 unspecified atom stereocenters. The summed E-state index contributed by atoms with van der Waals surface area (Å²) in [6, 6.07) is 2.09. The fourth-order valence-corrected chi connectivity index (χ4v) is 3.22. The smallest absolute Gasteiger partial charge is 0.295 e. The number of hydrogen-bond acceptors (Lipinski definition) is 6. The van der Waals surface area contributed by atoms with Crippen molar-refractivity contribution in [1.29, 1.82) is 0 Å². The summed E-state index contributed by atoms with van der Waals surface area (Å²) in [6.45, 7) is 5.11. The van der Waals surface area contributed by atoms with E-state index in [1.807, 2.05) is 6.92 Å². The third-order valence-corrected chi connectivity index (χ3v) is 4.64. The molecule has 0 aliphatic rings. The van der Waals surface area contributed by atoms with Crippen LogP contribution in [0.1, 0.15) is 25.8 Å². The number of nitrogen functional groups attached to an aromatic ring is 1. The Morgan fingerprint density at radius 1 is 1.45 bits per heavy atom. The van der Waals surface area contributed by atoms with E-state index in [9.17, 15) is 18.5 Å². The number of benzene rings is 1. The number of nitrogens with two attached hydrogens (primary N) is 1. The van der Waals surface area contributed by atoms with Gasteiger partial charge in [0.25, 0.3) is 5.69 Å². The number of nitro groups is 1. The van der Waals surface area contributed by atoms with Crippen molar-refractivity contribution in [2.45, 2.75) is 38.1 Å². The van der Waals surface area contributed by atoms with Crippen LogP contribution in [0.4, 0.5) is 11.4 Å². The molecule has 20 heavy (non-hydrogen) atoms. The van der Waals surface area contributed by atoms with E-state index in [-0.39, 0.29) is 22.3 Å². The van der Waals surface area contributed by atoms with Crippen LogP contribution >= 0.6 is 0 Å². The van der Waals surface area contributed by atoms with Crippen molar-refractivity contribution in [1.82, 2.24) is 4.72 Å². The van der Waals surface area contributed by atoms with Crippen LogP contribution in [0.5, 0.6) is 0 Å². The highest BCUT2D eigenvalue weighted by Crippen LogP contribution is 2.29. The third kappa shape index (κ3) is 3.44. The summed E-state index contributed by atoms with van der Waals surface area (Å²) in [7, 11) is -3.81. The minimum atomic E-state index is -3.81. The number of hydrazine groups is 1. The summed E-state index contributed by atoms with van der Waals surface area (Å²) in [5, 5.41) is 10.9. The van der Waals surface area contributed by atoms with Crippen LogP contribution in [0.15, 0.2) is 17.0 Å². The lowest BCUT2D eigenvalue weighted by molar-refractivity contribution is -0.384. The second kappa shape index (κ2) is 6.16. The van der Waals surface area contributed by atoms with Crippen LogP contribution in [-0.4, -0.2) is 19.4 Å². The molecule has 1 aromatic rings. The zero-order valence-electron chi connectivity index (χ0n) is 11.5. The molecular weight excluding hydrogens is 284 g/mol. The first-order valence-corrected chi connectivity index (χ1v) is 7.49. The van der Waals surface area contributed by atoms with Crippen LogP contribution in [0.2, 0.25) is 0 Å². The summed E-state index contributed by atoms with van der Waals surface area (Å²) in [5.74, 6) is 5.20. The molecule has 0 saturated carbocycles. The Balaban J connectivity index is 3.39. The molecule has 0 bridgehead atoms. The number of rotatable bonds is 6. The largest absolute Gasteiger partial charge is 0.318 e. The summed E-state index contributed by atoms with van der Waals surface area (Å²) < 4.78 is 26.9. The third-order valence-electron chi connectivity index (χ3n) is 2.90. The van der Waals surface area contributed by atoms with E-state index in [1.165, 1.54) is 6.07 Å². The molecule has 112 valence electrons. The zero-order valence-corrected chi connectivity index (χ0v) is 12.3. The van der Waals surface area contributed by atoms with E-state index < -0.39 is 14.9 Å². The second-order valence-corrected chi connectivity index (χ2v) is 6.15. The number of aryl methyl sites for hydroxylation is 1. The van der Waals surface area contributed by atoms with Gasteiger partial charge in [-0.1, -0.05) is 6.92 Å². The number of nitrogens with zero attached hydrogens (tertiary/aromatic N) is 1.